The highest BCUT2D eigenvalue weighted by Crippen LogP contribution is 2.55. The summed E-state index contributed by atoms with van der Waals surface area (Å²) in [6.45, 7) is 3.91. The summed E-state index contributed by atoms with van der Waals surface area (Å²) in [5, 5.41) is 28.2. The fourth-order valence-corrected chi connectivity index (χ4v) is 3.87. The van der Waals surface area contributed by atoms with Crippen molar-refractivity contribution < 1.29 is 9.53 Å². The summed E-state index contributed by atoms with van der Waals surface area (Å²) in [4.78, 5) is 13.2. The molecule has 4 rings (SSSR count). The molecule has 2 atom stereocenters. The zero-order valence-electron chi connectivity index (χ0n) is 13.5. The van der Waals surface area contributed by atoms with Crippen LogP contribution in [0.25, 0.3) is 0 Å². The first-order valence-electron chi connectivity index (χ1n) is 7.77. The van der Waals surface area contributed by atoms with E-state index >= 15 is 0 Å². The predicted octanol–water partition coefficient (Wildman–Crippen LogP) is 2.93. The number of nitrogens with one attached hydrogen (secondary N) is 3. The van der Waals surface area contributed by atoms with Crippen LogP contribution in [0.5, 0.6) is 5.88 Å². The molecule has 126 valence electrons. The minimum absolute atomic E-state index is 0.0133. The number of benzene rings is 1. The summed E-state index contributed by atoms with van der Waals surface area (Å²) >= 11 is 6.17. The first kappa shape index (κ1) is 15.7. The van der Waals surface area contributed by atoms with E-state index in [0.717, 1.165) is 0 Å². The highest BCUT2D eigenvalue weighted by molar-refractivity contribution is 6.31. The van der Waals surface area contributed by atoms with Gasteiger partial charge in [0.25, 0.3) is 0 Å². The molecular formula is C17H14ClN5O2. The Morgan fingerprint density at radius 2 is 2.24 bits per heavy atom. The van der Waals surface area contributed by atoms with Crippen LogP contribution in [-0.2, 0) is 10.2 Å². The van der Waals surface area contributed by atoms with Gasteiger partial charge in [0.05, 0.1) is 11.6 Å². The van der Waals surface area contributed by atoms with Gasteiger partial charge in [-0.2, -0.15) is 5.26 Å². The van der Waals surface area contributed by atoms with Gasteiger partial charge in [-0.1, -0.05) is 25.4 Å². The van der Waals surface area contributed by atoms with Crippen molar-refractivity contribution >= 4 is 29.1 Å². The van der Waals surface area contributed by atoms with Crippen molar-refractivity contribution in [1.29, 1.82) is 10.7 Å². The SMILES string of the molecule is CC(C)c1[nH]nc2c1C1(C(=O)Nc3ccc(Cl)cc31)C(C#N)C(=N)O2. The van der Waals surface area contributed by atoms with Gasteiger partial charge in [-0.25, -0.2) is 0 Å². The quantitative estimate of drug-likeness (QED) is 0.729. The molecule has 25 heavy (non-hydrogen) atoms. The zero-order valence-corrected chi connectivity index (χ0v) is 14.2. The van der Waals surface area contributed by atoms with Gasteiger partial charge in [0.2, 0.25) is 17.7 Å². The van der Waals surface area contributed by atoms with E-state index in [1.54, 1.807) is 18.2 Å². The summed E-state index contributed by atoms with van der Waals surface area (Å²) in [5.41, 5.74) is 0.932. The van der Waals surface area contributed by atoms with E-state index in [2.05, 4.69) is 21.6 Å². The number of amides is 1. The van der Waals surface area contributed by atoms with Crippen LogP contribution in [0, 0.1) is 22.7 Å². The smallest absolute Gasteiger partial charge is 0.244 e. The van der Waals surface area contributed by atoms with E-state index in [1.165, 1.54) is 0 Å². The topological polar surface area (TPSA) is 115 Å². The number of fused-ring (bicyclic) bond motifs is 4. The minimum atomic E-state index is -1.41. The molecule has 1 aromatic carbocycles. The number of carbonyl (C=O) groups is 1. The molecule has 1 amide bonds. The average molecular weight is 356 g/mol. The molecule has 0 aliphatic carbocycles. The number of anilines is 1. The third-order valence-corrected chi connectivity index (χ3v) is 5.01. The second kappa shape index (κ2) is 5.07. The average Bonchev–Trinajstić information content (AvgIpc) is 3.09. The lowest BCUT2D eigenvalue weighted by Crippen LogP contribution is -2.50. The van der Waals surface area contributed by atoms with Crippen molar-refractivity contribution in [3.05, 3.63) is 40.0 Å². The van der Waals surface area contributed by atoms with Crippen LogP contribution in [-0.4, -0.2) is 22.0 Å². The first-order valence-corrected chi connectivity index (χ1v) is 8.15. The summed E-state index contributed by atoms with van der Waals surface area (Å²) in [5.74, 6) is -1.63. The maximum absolute atomic E-state index is 13.2. The Morgan fingerprint density at radius 1 is 1.48 bits per heavy atom. The molecule has 0 fully saturated rings. The fourth-order valence-electron chi connectivity index (χ4n) is 3.70. The molecular weight excluding hydrogens is 342 g/mol. The van der Waals surface area contributed by atoms with Gasteiger partial charge in [-0.3, -0.25) is 15.3 Å². The van der Waals surface area contributed by atoms with Crippen molar-refractivity contribution in [2.24, 2.45) is 5.92 Å². The first-order chi connectivity index (χ1) is 11.9. The largest absolute Gasteiger partial charge is 0.422 e. The number of nitriles is 1. The molecule has 2 aliphatic heterocycles. The third kappa shape index (κ3) is 1.83. The number of ether oxygens (including phenoxy) is 1. The molecule has 8 heteroatoms. The van der Waals surface area contributed by atoms with Crippen LogP contribution in [0.4, 0.5) is 5.69 Å². The predicted molar refractivity (Wildman–Crippen MR) is 91.0 cm³/mol. The standard InChI is InChI=1S/C17H14ClN5O2/c1-7(2)13-12-15(23-22-13)25-14(20)10(6-19)17(12)9-5-8(18)3-4-11(9)21-16(17)24/h3-5,7,10,20H,1-2H3,(H,21,24)(H,22,23). The minimum Gasteiger partial charge on any atom is -0.422 e. The molecule has 0 radical (unpaired) electrons. The Kier molecular flexibility index (Phi) is 3.18. The number of hydrogen-bond donors (Lipinski definition) is 3. The molecule has 1 aromatic heterocycles. The van der Waals surface area contributed by atoms with Gasteiger partial charge in [0.15, 0.2) is 0 Å². The number of carbonyl (C=O) groups excluding carboxylic acids is 1. The van der Waals surface area contributed by atoms with Crippen LogP contribution in [0.3, 0.4) is 0 Å². The van der Waals surface area contributed by atoms with Gasteiger partial charge < -0.3 is 10.1 Å². The van der Waals surface area contributed by atoms with Gasteiger partial charge >= 0.3 is 0 Å². The Balaban J connectivity index is 2.15. The van der Waals surface area contributed by atoms with Crippen molar-refractivity contribution in [3.63, 3.8) is 0 Å². The third-order valence-electron chi connectivity index (χ3n) is 4.78. The highest BCUT2D eigenvalue weighted by atomic mass is 35.5. The molecule has 3 N–H and O–H groups in total. The number of aromatic nitrogens is 2. The molecule has 1 spiro atoms. The van der Waals surface area contributed by atoms with E-state index in [9.17, 15) is 10.1 Å². The lowest BCUT2D eigenvalue weighted by molar-refractivity contribution is -0.120. The summed E-state index contributed by atoms with van der Waals surface area (Å²) < 4.78 is 5.45. The number of rotatable bonds is 1. The number of H-pyrrole nitrogens is 1. The van der Waals surface area contributed by atoms with E-state index in [-0.39, 0.29) is 23.6 Å². The Bertz CT molecular complexity index is 974. The molecule has 2 aliphatic rings. The van der Waals surface area contributed by atoms with Crippen LogP contribution >= 0.6 is 11.6 Å². The van der Waals surface area contributed by atoms with E-state index in [4.69, 9.17) is 21.7 Å². The van der Waals surface area contributed by atoms with Crippen molar-refractivity contribution in [1.82, 2.24) is 10.2 Å². The van der Waals surface area contributed by atoms with Crippen LogP contribution < -0.4 is 10.1 Å². The van der Waals surface area contributed by atoms with Gasteiger partial charge in [0, 0.05) is 16.4 Å². The lowest BCUT2D eigenvalue weighted by Gasteiger charge is -2.36. The second-order valence-corrected chi connectivity index (χ2v) is 6.89. The van der Waals surface area contributed by atoms with Gasteiger partial charge in [-0.15, -0.1) is 5.10 Å². The zero-order chi connectivity index (χ0) is 17.9. The molecule has 7 nitrogen and oxygen atoms in total. The fraction of sp³-hybridized carbons (Fsp3) is 0.294. The van der Waals surface area contributed by atoms with Crippen LogP contribution in [0.15, 0.2) is 18.2 Å². The summed E-state index contributed by atoms with van der Waals surface area (Å²) in [6.07, 6.45) is 0. The molecule has 0 saturated carbocycles. The van der Waals surface area contributed by atoms with Crippen molar-refractivity contribution in [2.45, 2.75) is 25.2 Å². The normalized spacial score (nSPS) is 23.9. The van der Waals surface area contributed by atoms with Gasteiger partial charge in [-0.05, 0) is 29.7 Å². The maximum atomic E-state index is 13.2. The molecule has 2 unspecified atom stereocenters. The van der Waals surface area contributed by atoms with E-state index in [0.29, 0.717) is 27.5 Å². The maximum Gasteiger partial charge on any atom is 0.244 e. The summed E-state index contributed by atoms with van der Waals surface area (Å²) in [6, 6.07) is 7.12. The molecule has 0 bridgehead atoms. The highest BCUT2D eigenvalue weighted by Gasteiger charge is 2.62. The number of halogens is 1. The number of aromatic amines is 1. The number of nitrogens with zero attached hydrogens (tertiary/aromatic N) is 2. The summed E-state index contributed by atoms with van der Waals surface area (Å²) in [7, 11) is 0. The Hall–Kier alpha value is -2.85. The Morgan fingerprint density at radius 3 is 2.92 bits per heavy atom. The van der Waals surface area contributed by atoms with E-state index in [1.807, 2.05) is 13.8 Å². The molecule has 3 heterocycles. The molecule has 0 saturated heterocycles. The molecule has 2 aromatic rings. The monoisotopic (exact) mass is 355 g/mol. The van der Waals surface area contributed by atoms with Crippen molar-refractivity contribution in [2.75, 3.05) is 5.32 Å². The van der Waals surface area contributed by atoms with Crippen molar-refractivity contribution in [3.8, 4) is 11.9 Å². The lowest BCUT2D eigenvalue weighted by atomic mass is 9.64. The van der Waals surface area contributed by atoms with Gasteiger partial charge in [0.1, 0.15) is 11.3 Å². The second-order valence-electron chi connectivity index (χ2n) is 6.45. The Labute approximate surface area is 148 Å². The number of hydrogen-bond acceptors (Lipinski definition) is 5. The van der Waals surface area contributed by atoms with Crippen LogP contribution in [0.1, 0.15) is 36.6 Å². The van der Waals surface area contributed by atoms with Crippen LogP contribution in [0.2, 0.25) is 5.02 Å². The van der Waals surface area contributed by atoms with E-state index < -0.39 is 11.3 Å².